The molecule has 2 rings (SSSR count). The summed E-state index contributed by atoms with van der Waals surface area (Å²) in [5, 5.41) is 3.55. The van der Waals surface area contributed by atoms with Crippen LogP contribution in [0.1, 0.15) is 40.9 Å². The van der Waals surface area contributed by atoms with E-state index < -0.39 is 0 Å². The summed E-state index contributed by atoms with van der Waals surface area (Å²) in [5.41, 5.74) is 3.91. The highest BCUT2D eigenvalue weighted by molar-refractivity contribution is 5.90. The lowest BCUT2D eigenvalue weighted by atomic mass is 10.0. The highest BCUT2D eigenvalue weighted by Gasteiger charge is 2.12. The summed E-state index contributed by atoms with van der Waals surface area (Å²) in [6, 6.07) is 16.2. The Morgan fingerprint density at radius 3 is 2.48 bits per heavy atom. The zero-order valence-corrected chi connectivity index (χ0v) is 12.7. The van der Waals surface area contributed by atoms with Crippen molar-refractivity contribution in [3.8, 4) is 0 Å². The van der Waals surface area contributed by atoms with E-state index in [2.05, 4.69) is 24.4 Å². The molecule has 21 heavy (non-hydrogen) atoms. The van der Waals surface area contributed by atoms with E-state index in [1.807, 2.05) is 37.3 Å². The van der Waals surface area contributed by atoms with Gasteiger partial charge in [-0.05, 0) is 42.7 Å². The summed E-state index contributed by atoms with van der Waals surface area (Å²) in [4.78, 5) is 11.5. The molecule has 0 aliphatic heterocycles. The summed E-state index contributed by atoms with van der Waals surface area (Å²) in [7, 11) is 1.40. The summed E-state index contributed by atoms with van der Waals surface area (Å²) >= 11 is 0. The maximum atomic E-state index is 11.5. The molecule has 1 N–H and O–H groups in total. The first-order chi connectivity index (χ1) is 10.2. The van der Waals surface area contributed by atoms with Gasteiger partial charge in [0, 0.05) is 5.69 Å². The van der Waals surface area contributed by atoms with Crippen LogP contribution in [-0.4, -0.2) is 13.1 Å². The number of nitrogens with one attached hydrogen (secondary N) is 1. The van der Waals surface area contributed by atoms with Crippen LogP contribution in [0.15, 0.2) is 48.5 Å². The number of hydrogen-bond acceptors (Lipinski definition) is 3. The number of esters is 1. The Morgan fingerprint density at radius 1 is 1.19 bits per heavy atom. The van der Waals surface area contributed by atoms with Gasteiger partial charge >= 0.3 is 5.97 Å². The number of benzene rings is 2. The predicted molar refractivity (Wildman–Crippen MR) is 85.6 cm³/mol. The van der Waals surface area contributed by atoms with E-state index in [9.17, 15) is 4.79 Å². The molecule has 0 aliphatic rings. The molecular weight excluding hydrogens is 262 g/mol. The fraction of sp³-hybridized carbons (Fsp3) is 0.278. The molecule has 0 amide bonds. The molecule has 0 heterocycles. The van der Waals surface area contributed by atoms with Crippen LogP contribution in [0.25, 0.3) is 0 Å². The molecule has 0 aliphatic carbocycles. The summed E-state index contributed by atoms with van der Waals surface area (Å²) in [6.45, 7) is 4.15. The average molecular weight is 283 g/mol. The van der Waals surface area contributed by atoms with Crippen molar-refractivity contribution >= 4 is 11.7 Å². The first kappa shape index (κ1) is 15.1. The molecule has 3 heteroatoms. The van der Waals surface area contributed by atoms with E-state index in [0.29, 0.717) is 5.56 Å². The van der Waals surface area contributed by atoms with Crippen molar-refractivity contribution < 1.29 is 9.53 Å². The van der Waals surface area contributed by atoms with E-state index in [1.165, 1.54) is 12.7 Å². The predicted octanol–water partition coefficient (Wildman–Crippen LogP) is 4.34. The van der Waals surface area contributed by atoms with Gasteiger partial charge in [-0.1, -0.05) is 37.3 Å². The standard InChI is InChI=1S/C18H21NO2/c1-4-16(14-8-6-5-7-9-14)19-17-11-10-15(12-13(17)2)18(20)21-3/h5-12,16,19H,4H2,1-3H3. The molecule has 0 fully saturated rings. The van der Waals surface area contributed by atoms with Gasteiger partial charge in [0.05, 0.1) is 18.7 Å². The summed E-state index contributed by atoms with van der Waals surface area (Å²) in [5.74, 6) is -0.306. The van der Waals surface area contributed by atoms with Crippen LogP contribution in [0.2, 0.25) is 0 Å². The molecule has 0 radical (unpaired) electrons. The second kappa shape index (κ2) is 6.93. The molecule has 0 bridgehead atoms. The molecule has 0 spiro atoms. The zero-order chi connectivity index (χ0) is 15.2. The first-order valence-electron chi connectivity index (χ1n) is 7.16. The fourth-order valence-electron chi connectivity index (χ4n) is 2.36. The molecule has 3 nitrogen and oxygen atoms in total. The number of aryl methyl sites for hydroxylation is 1. The van der Waals surface area contributed by atoms with Crippen LogP contribution in [0.4, 0.5) is 5.69 Å². The minimum Gasteiger partial charge on any atom is -0.465 e. The minimum absolute atomic E-state index is 0.258. The van der Waals surface area contributed by atoms with Crippen LogP contribution in [0.5, 0.6) is 0 Å². The van der Waals surface area contributed by atoms with Gasteiger partial charge in [-0.3, -0.25) is 0 Å². The molecule has 2 aromatic rings. The van der Waals surface area contributed by atoms with Crippen LogP contribution >= 0.6 is 0 Å². The number of hydrogen-bond donors (Lipinski definition) is 1. The lowest BCUT2D eigenvalue weighted by Crippen LogP contribution is -2.11. The number of ether oxygens (including phenoxy) is 1. The lowest BCUT2D eigenvalue weighted by Gasteiger charge is -2.20. The topological polar surface area (TPSA) is 38.3 Å². The van der Waals surface area contributed by atoms with E-state index >= 15 is 0 Å². The lowest BCUT2D eigenvalue weighted by molar-refractivity contribution is 0.0600. The van der Waals surface area contributed by atoms with Gasteiger partial charge in [0.25, 0.3) is 0 Å². The highest BCUT2D eigenvalue weighted by atomic mass is 16.5. The van der Waals surface area contributed by atoms with Crippen LogP contribution in [0, 0.1) is 6.92 Å². The molecule has 1 atom stereocenters. The Balaban J connectivity index is 2.20. The normalized spacial score (nSPS) is 11.8. The Bertz CT molecular complexity index is 608. The van der Waals surface area contributed by atoms with Gasteiger partial charge in [0.1, 0.15) is 0 Å². The van der Waals surface area contributed by atoms with E-state index in [-0.39, 0.29) is 12.0 Å². The van der Waals surface area contributed by atoms with Crippen molar-refractivity contribution in [2.45, 2.75) is 26.3 Å². The number of carbonyl (C=O) groups is 1. The van der Waals surface area contributed by atoms with Gasteiger partial charge < -0.3 is 10.1 Å². The fourth-order valence-corrected chi connectivity index (χ4v) is 2.36. The highest BCUT2D eigenvalue weighted by Crippen LogP contribution is 2.25. The van der Waals surface area contributed by atoms with Crippen LogP contribution in [-0.2, 0) is 4.74 Å². The number of rotatable bonds is 5. The van der Waals surface area contributed by atoms with Gasteiger partial charge in [-0.2, -0.15) is 0 Å². The monoisotopic (exact) mass is 283 g/mol. The van der Waals surface area contributed by atoms with Crippen LogP contribution in [0.3, 0.4) is 0 Å². The number of anilines is 1. The second-order valence-corrected chi connectivity index (χ2v) is 5.04. The number of methoxy groups -OCH3 is 1. The van der Waals surface area contributed by atoms with Gasteiger partial charge in [-0.15, -0.1) is 0 Å². The second-order valence-electron chi connectivity index (χ2n) is 5.04. The molecule has 0 saturated heterocycles. The molecular formula is C18H21NO2. The maximum Gasteiger partial charge on any atom is 0.337 e. The summed E-state index contributed by atoms with van der Waals surface area (Å²) < 4.78 is 4.74. The number of carbonyl (C=O) groups excluding carboxylic acids is 1. The Kier molecular flexibility index (Phi) is 4.99. The molecule has 2 aromatic carbocycles. The average Bonchev–Trinajstić information content (AvgIpc) is 2.53. The Morgan fingerprint density at radius 2 is 1.90 bits per heavy atom. The molecule has 1 unspecified atom stereocenters. The molecule has 0 saturated carbocycles. The zero-order valence-electron chi connectivity index (χ0n) is 12.7. The third-order valence-corrected chi connectivity index (χ3v) is 3.59. The van der Waals surface area contributed by atoms with Gasteiger partial charge in [0.15, 0.2) is 0 Å². The third-order valence-electron chi connectivity index (χ3n) is 3.59. The Hall–Kier alpha value is -2.29. The first-order valence-corrected chi connectivity index (χ1v) is 7.16. The van der Waals surface area contributed by atoms with Gasteiger partial charge in [-0.25, -0.2) is 4.79 Å². The smallest absolute Gasteiger partial charge is 0.337 e. The maximum absolute atomic E-state index is 11.5. The van der Waals surface area contributed by atoms with Crippen molar-refractivity contribution in [3.05, 3.63) is 65.2 Å². The molecule has 0 aromatic heterocycles. The van der Waals surface area contributed by atoms with Gasteiger partial charge in [0.2, 0.25) is 0 Å². The summed E-state index contributed by atoms with van der Waals surface area (Å²) in [6.07, 6.45) is 0.988. The molecule has 110 valence electrons. The van der Waals surface area contributed by atoms with Crippen molar-refractivity contribution in [1.29, 1.82) is 0 Å². The Labute approximate surface area is 126 Å². The van der Waals surface area contributed by atoms with E-state index in [0.717, 1.165) is 17.7 Å². The largest absolute Gasteiger partial charge is 0.465 e. The van der Waals surface area contributed by atoms with E-state index in [1.54, 1.807) is 6.07 Å². The quantitative estimate of drug-likeness (QED) is 0.829. The van der Waals surface area contributed by atoms with E-state index in [4.69, 9.17) is 4.74 Å². The van der Waals surface area contributed by atoms with Crippen molar-refractivity contribution in [2.75, 3.05) is 12.4 Å². The van der Waals surface area contributed by atoms with Crippen molar-refractivity contribution in [3.63, 3.8) is 0 Å². The van der Waals surface area contributed by atoms with Crippen molar-refractivity contribution in [2.24, 2.45) is 0 Å². The minimum atomic E-state index is -0.306. The van der Waals surface area contributed by atoms with Crippen LogP contribution < -0.4 is 5.32 Å². The SMILES string of the molecule is CCC(Nc1ccc(C(=O)OC)cc1C)c1ccccc1. The van der Waals surface area contributed by atoms with Crippen molar-refractivity contribution in [1.82, 2.24) is 0 Å². The third kappa shape index (κ3) is 3.63.